The lowest BCUT2D eigenvalue weighted by molar-refractivity contribution is -0.192. The van der Waals surface area contributed by atoms with E-state index in [-0.39, 0.29) is 24.2 Å². The van der Waals surface area contributed by atoms with Crippen LogP contribution in [0.4, 0.5) is 13.2 Å². The van der Waals surface area contributed by atoms with E-state index in [1.807, 2.05) is 40.6 Å². The van der Waals surface area contributed by atoms with Crippen LogP contribution in [0.15, 0.2) is 41.9 Å². The number of amides is 1. The second-order valence-corrected chi connectivity index (χ2v) is 7.90. The van der Waals surface area contributed by atoms with E-state index in [0.29, 0.717) is 13.2 Å². The topological polar surface area (TPSA) is 89.0 Å². The summed E-state index contributed by atoms with van der Waals surface area (Å²) < 4.78 is 43.8. The Labute approximate surface area is 180 Å². The van der Waals surface area contributed by atoms with Crippen molar-refractivity contribution in [3.05, 3.63) is 52.5 Å². The van der Waals surface area contributed by atoms with Crippen LogP contribution in [0.25, 0.3) is 0 Å². The number of rotatable bonds is 4. The molecule has 0 spiro atoms. The summed E-state index contributed by atoms with van der Waals surface area (Å²) >= 11 is 1.49. The normalized spacial score (nSPS) is 22.9. The average molecular weight is 458 g/mol. The van der Waals surface area contributed by atoms with Crippen LogP contribution >= 0.6 is 11.3 Å². The summed E-state index contributed by atoms with van der Waals surface area (Å²) in [5, 5.41) is 9.06. The molecule has 0 bridgehead atoms. The average Bonchev–Trinajstić information content (AvgIpc) is 3.41. The van der Waals surface area contributed by atoms with Gasteiger partial charge in [0.2, 0.25) is 0 Å². The Bertz CT molecular complexity index is 863. The maximum Gasteiger partial charge on any atom is 0.490 e. The zero-order valence-corrected chi connectivity index (χ0v) is 17.1. The van der Waals surface area contributed by atoms with Gasteiger partial charge in [-0.1, -0.05) is 12.1 Å². The molecule has 0 aliphatic carbocycles. The maximum atomic E-state index is 12.8. The fourth-order valence-corrected chi connectivity index (χ4v) is 4.19. The van der Waals surface area contributed by atoms with Crippen LogP contribution in [-0.4, -0.2) is 64.4 Å². The number of carboxylic acids is 1. The minimum absolute atomic E-state index is 0.0358. The van der Waals surface area contributed by atoms with Gasteiger partial charge in [0, 0.05) is 12.8 Å². The number of nitrogens with zero attached hydrogens (tertiary/aromatic N) is 2. The van der Waals surface area contributed by atoms with E-state index >= 15 is 0 Å². The van der Waals surface area contributed by atoms with Gasteiger partial charge in [-0.25, -0.2) is 4.79 Å². The standard InChI is InChI=1S/C18H20N2O3S.C2HF3O2/c21-18(16-7-4-10-24-16)20-11-15(17-14(20)6-3-9-22-17)23-12-13-5-1-2-8-19-13;3-2(4,5)1(6)7/h1-2,4-5,7-8,10,14-15,17H,3,6,9,11-12H2;(H,6,7)/t14-,15+,17+;/m0./s1. The van der Waals surface area contributed by atoms with Crippen molar-refractivity contribution in [2.24, 2.45) is 0 Å². The van der Waals surface area contributed by atoms with Gasteiger partial charge in [-0.15, -0.1) is 11.3 Å². The van der Waals surface area contributed by atoms with Gasteiger partial charge in [0.1, 0.15) is 12.2 Å². The molecule has 2 aliphatic heterocycles. The molecule has 2 saturated heterocycles. The summed E-state index contributed by atoms with van der Waals surface area (Å²) in [6, 6.07) is 9.70. The first-order valence-corrected chi connectivity index (χ1v) is 10.4. The zero-order chi connectivity index (χ0) is 22.4. The molecule has 2 fully saturated rings. The van der Waals surface area contributed by atoms with Crippen molar-refractivity contribution in [1.29, 1.82) is 0 Å². The van der Waals surface area contributed by atoms with Crippen LogP contribution in [0.3, 0.4) is 0 Å². The van der Waals surface area contributed by atoms with Crippen LogP contribution < -0.4 is 0 Å². The van der Waals surface area contributed by atoms with Crippen molar-refractivity contribution in [2.45, 2.75) is 43.9 Å². The molecule has 0 aromatic carbocycles. The number of halogens is 3. The number of aromatic nitrogens is 1. The lowest BCUT2D eigenvalue weighted by Gasteiger charge is -2.32. The number of carboxylic acid groups (broad SMARTS) is 1. The molecule has 0 saturated carbocycles. The van der Waals surface area contributed by atoms with Crippen molar-refractivity contribution < 1.29 is 37.3 Å². The minimum Gasteiger partial charge on any atom is -0.475 e. The number of thiophene rings is 1. The number of hydrogen-bond donors (Lipinski definition) is 1. The zero-order valence-electron chi connectivity index (χ0n) is 16.3. The second-order valence-electron chi connectivity index (χ2n) is 6.95. The quantitative estimate of drug-likeness (QED) is 0.756. The van der Waals surface area contributed by atoms with Crippen LogP contribution in [0, 0.1) is 0 Å². The molecule has 2 aliphatic rings. The third-order valence-corrected chi connectivity index (χ3v) is 5.74. The summed E-state index contributed by atoms with van der Waals surface area (Å²) in [6.45, 7) is 1.77. The van der Waals surface area contributed by atoms with Crippen LogP contribution in [0.2, 0.25) is 0 Å². The second kappa shape index (κ2) is 10.2. The molecular weight excluding hydrogens is 437 g/mol. The third kappa shape index (κ3) is 6.02. The third-order valence-electron chi connectivity index (χ3n) is 4.88. The monoisotopic (exact) mass is 458 g/mol. The summed E-state index contributed by atoms with van der Waals surface area (Å²) in [5.41, 5.74) is 0.896. The summed E-state index contributed by atoms with van der Waals surface area (Å²) in [6.07, 6.45) is -1.49. The first-order valence-electron chi connectivity index (χ1n) is 9.55. The number of ether oxygens (including phenoxy) is 2. The van der Waals surface area contributed by atoms with Gasteiger partial charge in [0.15, 0.2) is 0 Å². The Balaban J connectivity index is 0.000000339. The molecule has 11 heteroatoms. The van der Waals surface area contributed by atoms with Gasteiger partial charge in [0.05, 0.1) is 29.8 Å². The molecule has 1 amide bonds. The highest BCUT2D eigenvalue weighted by molar-refractivity contribution is 7.12. The lowest BCUT2D eigenvalue weighted by Crippen LogP contribution is -2.43. The van der Waals surface area contributed by atoms with Crippen molar-refractivity contribution in [1.82, 2.24) is 9.88 Å². The fourth-order valence-electron chi connectivity index (χ4n) is 3.51. The Morgan fingerprint density at radius 2 is 2.06 bits per heavy atom. The molecule has 7 nitrogen and oxygen atoms in total. The predicted octanol–water partition coefficient (Wildman–Crippen LogP) is 3.37. The number of carbonyl (C=O) groups excluding carboxylic acids is 1. The molecule has 2 aromatic rings. The van der Waals surface area contributed by atoms with Crippen LogP contribution in [0.1, 0.15) is 28.2 Å². The Morgan fingerprint density at radius 1 is 1.29 bits per heavy atom. The Hall–Kier alpha value is -2.50. The number of alkyl halides is 3. The van der Waals surface area contributed by atoms with Crippen molar-refractivity contribution in [3.63, 3.8) is 0 Å². The highest BCUT2D eigenvalue weighted by Gasteiger charge is 2.47. The van der Waals surface area contributed by atoms with E-state index in [9.17, 15) is 18.0 Å². The van der Waals surface area contributed by atoms with Gasteiger partial charge in [-0.2, -0.15) is 13.2 Å². The number of aliphatic carboxylic acids is 1. The first-order chi connectivity index (χ1) is 14.8. The smallest absolute Gasteiger partial charge is 0.475 e. The molecule has 3 atom stereocenters. The fraction of sp³-hybridized carbons (Fsp3) is 0.450. The minimum atomic E-state index is -5.08. The number of likely N-dealkylation sites (tertiary alicyclic amines) is 1. The highest BCUT2D eigenvalue weighted by atomic mass is 32.1. The van der Waals surface area contributed by atoms with E-state index in [0.717, 1.165) is 30.0 Å². The van der Waals surface area contributed by atoms with Crippen LogP contribution in [0.5, 0.6) is 0 Å². The molecule has 4 heterocycles. The van der Waals surface area contributed by atoms with Gasteiger partial charge >= 0.3 is 12.1 Å². The van der Waals surface area contributed by atoms with Gasteiger partial charge in [-0.3, -0.25) is 9.78 Å². The molecule has 1 N–H and O–H groups in total. The molecule has 168 valence electrons. The number of fused-ring (bicyclic) bond motifs is 1. The predicted molar refractivity (Wildman–Crippen MR) is 105 cm³/mol. The van der Waals surface area contributed by atoms with E-state index in [4.69, 9.17) is 19.4 Å². The van der Waals surface area contributed by atoms with Crippen molar-refractivity contribution in [2.75, 3.05) is 13.2 Å². The molecule has 4 rings (SSSR count). The van der Waals surface area contributed by atoms with E-state index < -0.39 is 12.1 Å². The summed E-state index contributed by atoms with van der Waals surface area (Å²) in [5.74, 6) is -2.66. The molecule has 0 unspecified atom stereocenters. The Kier molecular flexibility index (Phi) is 7.63. The number of pyridine rings is 1. The number of carbonyl (C=O) groups is 2. The summed E-state index contributed by atoms with van der Waals surface area (Å²) in [7, 11) is 0. The van der Waals surface area contributed by atoms with E-state index in [1.54, 1.807) is 6.20 Å². The van der Waals surface area contributed by atoms with Crippen molar-refractivity contribution in [3.8, 4) is 0 Å². The maximum absolute atomic E-state index is 12.8. The Morgan fingerprint density at radius 3 is 2.68 bits per heavy atom. The molecule has 31 heavy (non-hydrogen) atoms. The molecule has 0 radical (unpaired) electrons. The molecular formula is C20H21F3N2O5S. The van der Waals surface area contributed by atoms with Crippen molar-refractivity contribution >= 4 is 23.2 Å². The van der Waals surface area contributed by atoms with Gasteiger partial charge in [-0.05, 0) is 36.4 Å². The van der Waals surface area contributed by atoms with E-state index in [2.05, 4.69) is 4.98 Å². The van der Waals surface area contributed by atoms with Gasteiger partial charge < -0.3 is 19.5 Å². The largest absolute Gasteiger partial charge is 0.490 e. The first kappa shape index (κ1) is 23.2. The lowest BCUT2D eigenvalue weighted by atomic mass is 10.0. The SMILES string of the molecule is O=C(O)C(F)(F)F.O=C(c1cccs1)N1C[C@@H](OCc2ccccn2)[C@@H]2OCCC[C@@H]21. The van der Waals surface area contributed by atoms with E-state index in [1.165, 1.54) is 11.3 Å². The number of hydrogen-bond acceptors (Lipinski definition) is 6. The molecule has 2 aromatic heterocycles. The van der Waals surface area contributed by atoms with Crippen LogP contribution in [-0.2, 0) is 20.9 Å². The summed E-state index contributed by atoms with van der Waals surface area (Å²) in [4.78, 5) is 28.7. The highest BCUT2D eigenvalue weighted by Crippen LogP contribution is 2.32. The van der Waals surface area contributed by atoms with Gasteiger partial charge in [0.25, 0.3) is 5.91 Å².